The Bertz CT molecular complexity index is 209. The van der Waals surface area contributed by atoms with Gasteiger partial charge in [0, 0.05) is 13.1 Å². The van der Waals surface area contributed by atoms with Crippen molar-refractivity contribution in [2.24, 2.45) is 0 Å². The van der Waals surface area contributed by atoms with Crippen LogP contribution in [0.1, 0.15) is 61.3 Å². The molecule has 2 nitrogen and oxygen atoms in total. The Balaban J connectivity index is -0.000000231. The summed E-state index contributed by atoms with van der Waals surface area (Å²) in [6.07, 6.45) is 6.33. The minimum Gasteiger partial charge on any atom is -0.292 e. The third-order valence-electron chi connectivity index (χ3n) is 2.73. The summed E-state index contributed by atoms with van der Waals surface area (Å²) in [5, 5.41) is 0. The minimum absolute atomic E-state index is 1.16. The molecule has 0 radical (unpaired) electrons. The van der Waals surface area contributed by atoms with Crippen LogP contribution in [-0.4, -0.2) is 43.2 Å². The standard InChI is InChI=1S/C8H14.C6H14N2.2C2H6/c1-4-6-8(3)7-5-2;1-3-8-5-4-7(2)6-8;2*1-2/h4,6H,1,5,7H2,2-3H3;3-6H2,1-2H3;2*1-2H3/b8-6+;;;. The molecule has 0 aliphatic carbocycles. The van der Waals surface area contributed by atoms with Gasteiger partial charge in [-0.15, -0.1) is 0 Å². The maximum atomic E-state index is 3.61. The molecule has 0 saturated carbocycles. The van der Waals surface area contributed by atoms with Crippen molar-refractivity contribution in [3.8, 4) is 0 Å². The molecule has 1 saturated heterocycles. The van der Waals surface area contributed by atoms with Crippen LogP contribution in [-0.2, 0) is 0 Å². The van der Waals surface area contributed by atoms with Crippen LogP contribution >= 0.6 is 0 Å². The first-order valence-corrected chi connectivity index (χ1v) is 8.33. The topological polar surface area (TPSA) is 6.48 Å². The van der Waals surface area contributed by atoms with Gasteiger partial charge < -0.3 is 0 Å². The number of hydrogen-bond donors (Lipinski definition) is 0. The molecule has 1 fully saturated rings. The van der Waals surface area contributed by atoms with Crippen molar-refractivity contribution < 1.29 is 0 Å². The van der Waals surface area contributed by atoms with Gasteiger partial charge in [-0.2, -0.15) is 0 Å². The zero-order valence-electron chi connectivity index (χ0n) is 15.5. The summed E-state index contributed by atoms with van der Waals surface area (Å²) < 4.78 is 0. The first-order chi connectivity index (χ1) is 9.63. The predicted octanol–water partition coefficient (Wildman–Crippen LogP) is 5.18. The highest BCUT2D eigenvalue weighted by Crippen LogP contribution is 2.01. The fourth-order valence-corrected chi connectivity index (χ4v) is 1.73. The highest BCUT2D eigenvalue weighted by molar-refractivity contribution is 5.07. The fraction of sp³-hybridized carbons (Fsp3) is 0.778. The van der Waals surface area contributed by atoms with Crippen LogP contribution in [0.5, 0.6) is 0 Å². The molecule has 1 aliphatic heterocycles. The molecule has 1 aliphatic rings. The lowest BCUT2D eigenvalue weighted by Crippen LogP contribution is -2.22. The Kier molecular flexibility index (Phi) is 25.3. The van der Waals surface area contributed by atoms with E-state index >= 15 is 0 Å². The second-order valence-corrected chi connectivity index (χ2v) is 4.43. The van der Waals surface area contributed by atoms with Crippen molar-refractivity contribution in [3.63, 3.8) is 0 Å². The lowest BCUT2D eigenvalue weighted by Gasteiger charge is -2.10. The highest BCUT2D eigenvalue weighted by atomic mass is 15.4. The normalized spacial score (nSPS) is 15.1. The van der Waals surface area contributed by atoms with E-state index in [0.717, 1.165) is 6.67 Å². The third-order valence-corrected chi connectivity index (χ3v) is 2.73. The molecule has 0 atom stereocenters. The van der Waals surface area contributed by atoms with Gasteiger partial charge in [0.2, 0.25) is 0 Å². The summed E-state index contributed by atoms with van der Waals surface area (Å²) in [7, 11) is 2.16. The number of nitrogens with zero attached hydrogens (tertiary/aromatic N) is 2. The number of likely N-dealkylation sites (N-methyl/N-ethyl adjacent to an activating group) is 2. The first-order valence-electron chi connectivity index (χ1n) is 8.33. The summed E-state index contributed by atoms with van der Waals surface area (Å²) >= 11 is 0. The third kappa shape index (κ3) is 17.4. The molecule has 0 unspecified atom stereocenters. The van der Waals surface area contributed by atoms with Crippen molar-refractivity contribution in [3.05, 3.63) is 24.3 Å². The van der Waals surface area contributed by atoms with Crippen molar-refractivity contribution in [2.45, 2.75) is 61.3 Å². The van der Waals surface area contributed by atoms with Crippen LogP contribution in [0.15, 0.2) is 24.3 Å². The van der Waals surface area contributed by atoms with E-state index in [1.54, 1.807) is 0 Å². The fourth-order valence-electron chi connectivity index (χ4n) is 1.73. The van der Waals surface area contributed by atoms with Gasteiger partial charge in [-0.25, -0.2) is 0 Å². The molecule has 0 aromatic rings. The van der Waals surface area contributed by atoms with Crippen molar-refractivity contribution >= 4 is 0 Å². The van der Waals surface area contributed by atoms with E-state index in [1.165, 1.54) is 38.0 Å². The Morgan fingerprint density at radius 2 is 1.65 bits per heavy atom. The van der Waals surface area contributed by atoms with E-state index < -0.39 is 0 Å². The Hall–Kier alpha value is -0.600. The van der Waals surface area contributed by atoms with Crippen LogP contribution in [0.2, 0.25) is 0 Å². The Morgan fingerprint density at radius 1 is 1.10 bits per heavy atom. The monoisotopic (exact) mass is 284 g/mol. The van der Waals surface area contributed by atoms with Crippen molar-refractivity contribution in [2.75, 3.05) is 33.4 Å². The van der Waals surface area contributed by atoms with E-state index in [2.05, 4.69) is 50.3 Å². The quantitative estimate of drug-likeness (QED) is 0.656. The minimum atomic E-state index is 1.16. The summed E-state index contributed by atoms with van der Waals surface area (Å²) in [6, 6.07) is 0. The van der Waals surface area contributed by atoms with E-state index in [4.69, 9.17) is 0 Å². The molecule has 0 N–H and O–H groups in total. The van der Waals surface area contributed by atoms with Gasteiger partial charge in [0.15, 0.2) is 0 Å². The highest BCUT2D eigenvalue weighted by Gasteiger charge is 2.12. The molecule has 0 spiro atoms. The predicted molar refractivity (Wildman–Crippen MR) is 96.3 cm³/mol. The molecule has 0 bridgehead atoms. The Labute approximate surface area is 129 Å². The van der Waals surface area contributed by atoms with Crippen LogP contribution in [0.4, 0.5) is 0 Å². The molecule has 1 heterocycles. The molecule has 20 heavy (non-hydrogen) atoms. The average Bonchev–Trinajstić information content (AvgIpc) is 2.90. The lowest BCUT2D eigenvalue weighted by atomic mass is 10.2. The maximum Gasteiger partial charge on any atom is 0.0504 e. The number of allylic oxidation sites excluding steroid dienone is 3. The zero-order valence-corrected chi connectivity index (χ0v) is 15.5. The van der Waals surface area contributed by atoms with Gasteiger partial charge in [0.1, 0.15) is 0 Å². The summed E-state index contributed by atoms with van der Waals surface area (Å²) in [4.78, 5) is 4.77. The molecule has 0 aromatic carbocycles. The van der Waals surface area contributed by atoms with E-state index in [9.17, 15) is 0 Å². The first kappa shape index (κ1) is 24.4. The van der Waals surface area contributed by atoms with Gasteiger partial charge in [-0.3, -0.25) is 9.80 Å². The number of hydrogen-bond acceptors (Lipinski definition) is 2. The summed E-state index contributed by atoms with van der Waals surface area (Å²) in [6.45, 7) is 23.0. The van der Waals surface area contributed by atoms with Crippen molar-refractivity contribution in [1.29, 1.82) is 0 Å². The lowest BCUT2D eigenvalue weighted by molar-refractivity contribution is 0.286. The molecule has 0 amide bonds. The molecule has 0 aromatic heterocycles. The van der Waals surface area contributed by atoms with E-state index in [0.29, 0.717) is 0 Å². The van der Waals surface area contributed by atoms with Crippen LogP contribution in [0.3, 0.4) is 0 Å². The molecule has 2 heteroatoms. The van der Waals surface area contributed by atoms with Crippen LogP contribution < -0.4 is 0 Å². The molecule has 122 valence electrons. The van der Waals surface area contributed by atoms with Gasteiger partial charge in [0.25, 0.3) is 0 Å². The van der Waals surface area contributed by atoms with Crippen molar-refractivity contribution in [1.82, 2.24) is 9.80 Å². The van der Waals surface area contributed by atoms with Gasteiger partial charge >= 0.3 is 0 Å². The van der Waals surface area contributed by atoms with Crippen LogP contribution in [0.25, 0.3) is 0 Å². The van der Waals surface area contributed by atoms with Gasteiger partial charge in [-0.05, 0) is 26.9 Å². The smallest absolute Gasteiger partial charge is 0.0504 e. The van der Waals surface area contributed by atoms with Gasteiger partial charge in [-0.1, -0.05) is 72.3 Å². The second kappa shape index (κ2) is 20.7. The van der Waals surface area contributed by atoms with Gasteiger partial charge in [0.05, 0.1) is 6.67 Å². The van der Waals surface area contributed by atoms with E-state index in [-0.39, 0.29) is 0 Å². The summed E-state index contributed by atoms with van der Waals surface area (Å²) in [5.74, 6) is 0. The number of rotatable bonds is 4. The molecular formula is C18H40N2. The zero-order chi connectivity index (χ0) is 16.4. The Morgan fingerprint density at radius 3 is 1.90 bits per heavy atom. The molecule has 1 rings (SSSR count). The SMILES string of the molecule is C=C/C=C(\C)CCC.CC.CC.CCN1CCN(C)C1. The largest absolute Gasteiger partial charge is 0.292 e. The molecular weight excluding hydrogens is 244 g/mol. The average molecular weight is 285 g/mol. The van der Waals surface area contributed by atoms with Crippen LogP contribution in [0, 0.1) is 0 Å². The second-order valence-electron chi connectivity index (χ2n) is 4.43. The summed E-state index contributed by atoms with van der Waals surface area (Å²) in [5.41, 5.74) is 1.42. The maximum absolute atomic E-state index is 3.61. The van der Waals surface area contributed by atoms with E-state index in [1.807, 2.05) is 33.8 Å².